The van der Waals surface area contributed by atoms with Crippen LogP contribution in [0.5, 0.6) is 0 Å². The van der Waals surface area contributed by atoms with Crippen LogP contribution in [0.2, 0.25) is 0 Å². The lowest BCUT2D eigenvalue weighted by atomic mass is 9.97. The lowest BCUT2D eigenvalue weighted by Crippen LogP contribution is -2.36. The molecule has 1 fully saturated rings. The molecule has 1 aliphatic rings. The van der Waals surface area contributed by atoms with Crippen molar-refractivity contribution >= 4 is 17.3 Å². The molecule has 6 nitrogen and oxygen atoms in total. The topological polar surface area (TPSA) is 83.7 Å². The number of thiazole rings is 1. The second-order valence-electron chi connectivity index (χ2n) is 4.52. The van der Waals surface area contributed by atoms with Crippen molar-refractivity contribution < 1.29 is 0 Å². The Morgan fingerprint density at radius 1 is 1.44 bits per heavy atom. The van der Waals surface area contributed by atoms with Crippen LogP contribution in [0.4, 0.5) is 5.95 Å². The molecular weight excluding hydrogens is 248 g/mol. The minimum atomic E-state index is 0.651. The zero-order valence-electron chi connectivity index (χ0n) is 10.0. The second-order valence-corrected chi connectivity index (χ2v) is 5.24. The molecule has 3 heterocycles. The van der Waals surface area contributed by atoms with Gasteiger partial charge in [-0.05, 0) is 25.3 Å². The van der Waals surface area contributed by atoms with Gasteiger partial charge in [-0.3, -0.25) is 5.10 Å². The summed E-state index contributed by atoms with van der Waals surface area (Å²) in [4.78, 5) is 10.9. The molecular formula is C11H16N6S. The molecule has 0 bridgehead atoms. The number of rotatable bonds is 3. The lowest BCUT2D eigenvalue weighted by Gasteiger charge is -2.30. The molecule has 2 aromatic rings. The summed E-state index contributed by atoms with van der Waals surface area (Å²) in [6.07, 6.45) is 2.24. The van der Waals surface area contributed by atoms with E-state index in [2.05, 4.69) is 25.1 Å². The van der Waals surface area contributed by atoms with Crippen LogP contribution in [-0.4, -0.2) is 39.8 Å². The molecule has 2 aromatic heterocycles. The third-order valence-corrected chi connectivity index (χ3v) is 3.97. The van der Waals surface area contributed by atoms with Crippen LogP contribution in [0.15, 0.2) is 10.9 Å². The number of anilines is 1. The van der Waals surface area contributed by atoms with E-state index in [1.165, 1.54) is 0 Å². The first-order valence-corrected chi connectivity index (χ1v) is 7.07. The van der Waals surface area contributed by atoms with Gasteiger partial charge in [0, 0.05) is 18.5 Å². The number of aromatic amines is 1. The van der Waals surface area contributed by atoms with E-state index in [0.29, 0.717) is 5.92 Å². The number of hydrogen-bond donors (Lipinski definition) is 2. The Bertz CT molecular complexity index is 485. The average molecular weight is 264 g/mol. The van der Waals surface area contributed by atoms with Crippen molar-refractivity contribution in [1.29, 1.82) is 0 Å². The van der Waals surface area contributed by atoms with Crippen molar-refractivity contribution in [3.63, 3.8) is 0 Å². The second kappa shape index (κ2) is 5.03. The van der Waals surface area contributed by atoms with E-state index in [-0.39, 0.29) is 0 Å². The molecule has 1 aliphatic heterocycles. The van der Waals surface area contributed by atoms with Crippen molar-refractivity contribution in [3.8, 4) is 11.5 Å². The van der Waals surface area contributed by atoms with Gasteiger partial charge in [-0.15, -0.1) is 16.4 Å². The van der Waals surface area contributed by atoms with E-state index < -0.39 is 0 Å². The number of H-pyrrole nitrogens is 1. The number of nitrogens with one attached hydrogen (secondary N) is 1. The summed E-state index contributed by atoms with van der Waals surface area (Å²) in [6.45, 7) is 2.75. The maximum Gasteiger partial charge on any atom is 0.245 e. The molecule has 0 unspecified atom stereocenters. The standard InChI is InChI=1S/C11H16N6S/c12-5-8-1-3-17(4-2-8)11-14-10(15-16-11)9-6-18-7-13-9/h6-8H,1-5,12H2,(H,14,15,16). The summed E-state index contributed by atoms with van der Waals surface area (Å²) in [5.74, 6) is 2.17. The van der Waals surface area contributed by atoms with Gasteiger partial charge in [0.05, 0.1) is 5.51 Å². The molecule has 96 valence electrons. The van der Waals surface area contributed by atoms with Gasteiger partial charge in [0.25, 0.3) is 0 Å². The van der Waals surface area contributed by atoms with Crippen LogP contribution >= 0.6 is 11.3 Å². The number of piperidine rings is 1. The fraction of sp³-hybridized carbons (Fsp3) is 0.545. The zero-order chi connectivity index (χ0) is 12.4. The van der Waals surface area contributed by atoms with Crippen LogP contribution in [0, 0.1) is 5.92 Å². The Hall–Kier alpha value is -1.47. The quantitative estimate of drug-likeness (QED) is 0.867. The van der Waals surface area contributed by atoms with Crippen molar-refractivity contribution in [2.24, 2.45) is 11.7 Å². The first-order valence-electron chi connectivity index (χ1n) is 6.13. The van der Waals surface area contributed by atoms with Crippen molar-refractivity contribution in [2.45, 2.75) is 12.8 Å². The zero-order valence-corrected chi connectivity index (χ0v) is 10.9. The number of nitrogens with two attached hydrogens (primary N) is 1. The van der Waals surface area contributed by atoms with Gasteiger partial charge >= 0.3 is 0 Å². The molecule has 0 aliphatic carbocycles. The van der Waals surface area contributed by atoms with Crippen LogP contribution in [0.1, 0.15) is 12.8 Å². The predicted octanol–water partition coefficient (Wildman–Crippen LogP) is 1.10. The Morgan fingerprint density at radius 3 is 2.94 bits per heavy atom. The van der Waals surface area contributed by atoms with E-state index >= 15 is 0 Å². The monoisotopic (exact) mass is 264 g/mol. The Morgan fingerprint density at radius 2 is 2.28 bits per heavy atom. The predicted molar refractivity (Wildman–Crippen MR) is 71.5 cm³/mol. The molecule has 3 N–H and O–H groups in total. The Balaban J connectivity index is 1.71. The molecule has 18 heavy (non-hydrogen) atoms. The Labute approximate surface area is 109 Å². The van der Waals surface area contributed by atoms with Crippen LogP contribution < -0.4 is 10.6 Å². The lowest BCUT2D eigenvalue weighted by molar-refractivity contribution is 0.411. The average Bonchev–Trinajstić information content (AvgIpc) is 3.09. The normalized spacial score (nSPS) is 17.3. The van der Waals surface area contributed by atoms with Crippen LogP contribution in [0.3, 0.4) is 0 Å². The first-order chi connectivity index (χ1) is 8.86. The SMILES string of the molecule is NCC1CCN(c2n[nH]c(-c3cscn3)n2)CC1. The highest BCUT2D eigenvalue weighted by atomic mass is 32.1. The molecule has 0 amide bonds. The fourth-order valence-electron chi connectivity index (χ4n) is 2.21. The molecule has 0 spiro atoms. The van der Waals surface area contributed by atoms with E-state index in [0.717, 1.165) is 49.9 Å². The minimum Gasteiger partial charge on any atom is -0.340 e. The van der Waals surface area contributed by atoms with Gasteiger partial charge in [-0.2, -0.15) is 4.98 Å². The fourth-order valence-corrected chi connectivity index (χ4v) is 2.74. The maximum atomic E-state index is 5.69. The van der Waals surface area contributed by atoms with Crippen molar-refractivity contribution in [2.75, 3.05) is 24.5 Å². The molecule has 0 radical (unpaired) electrons. The summed E-state index contributed by atoms with van der Waals surface area (Å²) in [5.41, 5.74) is 8.35. The van der Waals surface area contributed by atoms with Gasteiger partial charge < -0.3 is 10.6 Å². The molecule has 7 heteroatoms. The van der Waals surface area contributed by atoms with Gasteiger partial charge in [0.1, 0.15) is 5.69 Å². The smallest absolute Gasteiger partial charge is 0.245 e. The van der Waals surface area contributed by atoms with Gasteiger partial charge in [0.15, 0.2) is 5.82 Å². The maximum absolute atomic E-state index is 5.69. The van der Waals surface area contributed by atoms with Crippen molar-refractivity contribution in [3.05, 3.63) is 10.9 Å². The first kappa shape index (κ1) is 11.6. The summed E-state index contributed by atoms with van der Waals surface area (Å²) in [6, 6.07) is 0. The summed E-state index contributed by atoms with van der Waals surface area (Å²) >= 11 is 1.56. The van der Waals surface area contributed by atoms with E-state index in [1.54, 1.807) is 16.8 Å². The largest absolute Gasteiger partial charge is 0.340 e. The van der Waals surface area contributed by atoms with Gasteiger partial charge in [-0.25, -0.2) is 4.98 Å². The van der Waals surface area contributed by atoms with Gasteiger partial charge in [0.2, 0.25) is 5.95 Å². The number of nitrogens with zero attached hydrogens (tertiary/aromatic N) is 4. The van der Waals surface area contributed by atoms with E-state index in [1.807, 2.05) is 5.38 Å². The summed E-state index contributed by atoms with van der Waals surface area (Å²) < 4.78 is 0. The summed E-state index contributed by atoms with van der Waals surface area (Å²) in [5, 5.41) is 9.18. The molecule has 1 saturated heterocycles. The van der Waals surface area contributed by atoms with Crippen molar-refractivity contribution in [1.82, 2.24) is 20.2 Å². The van der Waals surface area contributed by atoms with Crippen LogP contribution in [-0.2, 0) is 0 Å². The number of hydrogen-bond acceptors (Lipinski definition) is 6. The molecule has 0 saturated carbocycles. The molecule has 0 aromatic carbocycles. The highest BCUT2D eigenvalue weighted by Gasteiger charge is 2.21. The highest BCUT2D eigenvalue weighted by molar-refractivity contribution is 7.07. The summed E-state index contributed by atoms with van der Waals surface area (Å²) in [7, 11) is 0. The van der Waals surface area contributed by atoms with Gasteiger partial charge in [-0.1, -0.05) is 0 Å². The highest BCUT2D eigenvalue weighted by Crippen LogP contribution is 2.22. The minimum absolute atomic E-state index is 0.651. The Kier molecular flexibility index (Phi) is 3.24. The van der Waals surface area contributed by atoms with E-state index in [4.69, 9.17) is 5.73 Å². The number of aromatic nitrogens is 4. The molecule has 0 atom stereocenters. The third kappa shape index (κ3) is 2.23. The van der Waals surface area contributed by atoms with Crippen LogP contribution in [0.25, 0.3) is 11.5 Å². The van der Waals surface area contributed by atoms with E-state index in [9.17, 15) is 0 Å². The molecule has 3 rings (SSSR count). The third-order valence-electron chi connectivity index (χ3n) is 3.38.